The number of hydrogen-bond donors (Lipinski definition) is 1. The number of rotatable bonds is 7. The van der Waals surface area contributed by atoms with Crippen molar-refractivity contribution >= 4 is 0 Å². The van der Waals surface area contributed by atoms with Gasteiger partial charge in [-0.05, 0) is 62.0 Å². The predicted molar refractivity (Wildman–Crippen MR) is 75.1 cm³/mol. The third-order valence-electron chi connectivity index (χ3n) is 4.41. The molecular formula is C15H25N3. The van der Waals surface area contributed by atoms with Crippen molar-refractivity contribution in [3.8, 4) is 0 Å². The van der Waals surface area contributed by atoms with Crippen LogP contribution in [0.5, 0.6) is 0 Å². The molecule has 0 bridgehead atoms. The quantitative estimate of drug-likeness (QED) is 0.804. The molecule has 1 aromatic heterocycles. The summed E-state index contributed by atoms with van der Waals surface area (Å²) in [5.41, 5.74) is 7.74. The number of nitrogens with two attached hydrogens (primary N) is 1. The zero-order valence-corrected chi connectivity index (χ0v) is 11.4. The van der Waals surface area contributed by atoms with Gasteiger partial charge >= 0.3 is 0 Å². The van der Waals surface area contributed by atoms with E-state index in [-0.39, 0.29) is 0 Å². The van der Waals surface area contributed by atoms with Crippen LogP contribution < -0.4 is 5.73 Å². The Labute approximate surface area is 110 Å². The molecule has 0 saturated heterocycles. The zero-order chi connectivity index (χ0) is 12.8. The van der Waals surface area contributed by atoms with E-state index in [0.29, 0.717) is 5.41 Å². The normalized spacial score (nSPS) is 17.7. The van der Waals surface area contributed by atoms with Gasteiger partial charge in [0.25, 0.3) is 0 Å². The SMILES string of the molecule is CCN(CCC1(CN)CCC1)Cc1ccncc1. The fourth-order valence-electron chi connectivity index (χ4n) is 2.72. The van der Waals surface area contributed by atoms with Crippen molar-refractivity contribution in [3.63, 3.8) is 0 Å². The highest BCUT2D eigenvalue weighted by molar-refractivity contribution is 5.09. The molecule has 0 spiro atoms. The fraction of sp³-hybridized carbons (Fsp3) is 0.667. The van der Waals surface area contributed by atoms with Crippen LogP contribution in [0.2, 0.25) is 0 Å². The van der Waals surface area contributed by atoms with E-state index in [4.69, 9.17) is 5.73 Å². The van der Waals surface area contributed by atoms with E-state index >= 15 is 0 Å². The van der Waals surface area contributed by atoms with Crippen LogP contribution in [0, 0.1) is 5.41 Å². The van der Waals surface area contributed by atoms with Crippen molar-refractivity contribution in [3.05, 3.63) is 30.1 Å². The first-order chi connectivity index (χ1) is 8.78. The molecular weight excluding hydrogens is 222 g/mol. The van der Waals surface area contributed by atoms with Crippen molar-refractivity contribution in [1.29, 1.82) is 0 Å². The van der Waals surface area contributed by atoms with Crippen molar-refractivity contribution in [2.24, 2.45) is 11.1 Å². The second-order valence-corrected chi connectivity index (χ2v) is 5.53. The summed E-state index contributed by atoms with van der Waals surface area (Å²) >= 11 is 0. The van der Waals surface area contributed by atoms with E-state index in [1.807, 2.05) is 12.4 Å². The van der Waals surface area contributed by atoms with E-state index in [9.17, 15) is 0 Å². The molecule has 1 saturated carbocycles. The molecule has 0 aromatic carbocycles. The molecule has 1 aliphatic carbocycles. The summed E-state index contributed by atoms with van der Waals surface area (Å²) in [6.45, 7) is 6.38. The molecule has 2 rings (SSSR count). The Balaban J connectivity index is 1.82. The highest BCUT2D eigenvalue weighted by atomic mass is 15.1. The van der Waals surface area contributed by atoms with Crippen LogP contribution in [0.15, 0.2) is 24.5 Å². The highest BCUT2D eigenvalue weighted by Gasteiger charge is 2.35. The smallest absolute Gasteiger partial charge is 0.0271 e. The lowest BCUT2D eigenvalue weighted by atomic mass is 9.66. The van der Waals surface area contributed by atoms with Crippen LogP contribution in [0.1, 0.15) is 38.2 Å². The molecule has 0 radical (unpaired) electrons. The topological polar surface area (TPSA) is 42.1 Å². The first-order valence-corrected chi connectivity index (χ1v) is 7.09. The standard InChI is InChI=1S/C15H25N3/c1-2-18(12-14-4-9-17-10-5-14)11-8-15(13-16)6-3-7-15/h4-5,9-10H,2-3,6-8,11-13,16H2,1H3. The largest absolute Gasteiger partial charge is 0.330 e. The summed E-state index contributed by atoms with van der Waals surface area (Å²) in [4.78, 5) is 6.57. The maximum Gasteiger partial charge on any atom is 0.0271 e. The first kappa shape index (κ1) is 13.5. The Kier molecular flexibility index (Phi) is 4.72. The Bertz CT molecular complexity index is 341. The van der Waals surface area contributed by atoms with E-state index in [2.05, 4.69) is 28.9 Å². The van der Waals surface area contributed by atoms with Gasteiger partial charge in [0.1, 0.15) is 0 Å². The number of aromatic nitrogens is 1. The Morgan fingerprint density at radius 2 is 2.06 bits per heavy atom. The van der Waals surface area contributed by atoms with Gasteiger partial charge in [-0.2, -0.15) is 0 Å². The summed E-state index contributed by atoms with van der Waals surface area (Å²) < 4.78 is 0. The highest BCUT2D eigenvalue weighted by Crippen LogP contribution is 2.42. The Morgan fingerprint density at radius 1 is 1.33 bits per heavy atom. The lowest BCUT2D eigenvalue weighted by Gasteiger charge is -2.42. The van der Waals surface area contributed by atoms with Crippen LogP contribution in [-0.2, 0) is 6.54 Å². The lowest BCUT2D eigenvalue weighted by molar-refractivity contribution is 0.105. The molecule has 0 atom stereocenters. The molecule has 3 heteroatoms. The van der Waals surface area contributed by atoms with Crippen LogP contribution in [0.4, 0.5) is 0 Å². The van der Waals surface area contributed by atoms with E-state index in [1.165, 1.54) is 31.2 Å². The van der Waals surface area contributed by atoms with Gasteiger partial charge in [0.05, 0.1) is 0 Å². The van der Waals surface area contributed by atoms with E-state index in [1.54, 1.807) is 0 Å². The molecule has 0 amide bonds. The van der Waals surface area contributed by atoms with Crippen molar-refractivity contribution in [2.45, 2.75) is 39.2 Å². The monoisotopic (exact) mass is 247 g/mol. The van der Waals surface area contributed by atoms with Crippen molar-refractivity contribution in [1.82, 2.24) is 9.88 Å². The maximum atomic E-state index is 5.92. The molecule has 0 aliphatic heterocycles. The van der Waals surface area contributed by atoms with Gasteiger partial charge in [-0.3, -0.25) is 9.88 Å². The number of hydrogen-bond acceptors (Lipinski definition) is 3. The summed E-state index contributed by atoms with van der Waals surface area (Å²) in [6.07, 6.45) is 9.02. The Morgan fingerprint density at radius 3 is 2.56 bits per heavy atom. The van der Waals surface area contributed by atoms with Gasteiger partial charge < -0.3 is 5.73 Å². The van der Waals surface area contributed by atoms with Crippen molar-refractivity contribution < 1.29 is 0 Å². The van der Waals surface area contributed by atoms with Crippen LogP contribution in [0.3, 0.4) is 0 Å². The van der Waals surface area contributed by atoms with Gasteiger partial charge in [-0.15, -0.1) is 0 Å². The van der Waals surface area contributed by atoms with Gasteiger partial charge in [0.2, 0.25) is 0 Å². The average Bonchev–Trinajstić information content (AvgIpc) is 2.37. The molecule has 18 heavy (non-hydrogen) atoms. The maximum absolute atomic E-state index is 5.92. The second-order valence-electron chi connectivity index (χ2n) is 5.53. The third kappa shape index (κ3) is 3.30. The number of nitrogens with zero attached hydrogens (tertiary/aromatic N) is 2. The summed E-state index contributed by atoms with van der Waals surface area (Å²) in [7, 11) is 0. The summed E-state index contributed by atoms with van der Waals surface area (Å²) in [5.74, 6) is 0. The van der Waals surface area contributed by atoms with Crippen LogP contribution in [0.25, 0.3) is 0 Å². The molecule has 100 valence electrons. The molecule has 0 unspecified atom stereocenters. The molecule has 2 N–H and O–H groups in total. The van der Waals surface area contributed by atoms with Gasteiger partial charge in [0, 0.05) is 18.9 Å². The minimum Gasteiger partial charge on any atom is -0.330 e. The minimum atomic E-state index is 0.464. The first-order valence-electron chi connectivity index (χ1n) is 7.09. The molecule has 1 fully saturated rings. The van der Waals surface area contributed by atoms with Gasteiger partial charge in [-0.1, -0.05) is 13.3 Å². The van der Waals surface area contributed by atoms with E-state index in [0.717, 1.165) is 26.2 Å². The second kappa shape index (κ2) is 6.30. The summed E-state index contributed by atoms with van der Waals surface area (Å²) in [6, 6.07) is 4.20. The molecule has 1 heterocycles. The molecule has 1 aliphatic rings. The third-order valence-corrected chi connectivity index (χ3v) is 4.41. The van der Waals surface area contributed by atoms with E-state index < -0.39 is 0 Å². The van der Waals surface area contributed by atoms with Gasteiger partial charge in [0.15, 0.2) is 0 Å². The summed E-state index contributed by atoms with van der Waals surface area (Å²) in [5, 5.41) is 0. The average molecular weight is 247 g/mol. The Hall–Kier alpha value is -0.930. The van der Waals surface area contributed by atoms with Crippen LogP contribution >= 0.6 is 0 Å². The van der Waals surface area contributed by atoms with Crippen LogP contribution in [-0.4, -0.2) is 29.5 Å². The minimum absolute atomic E-state index is 0.464. The van der Waals surface area contributed by atoms with Crippen molar-refractivity contribution in [2.75, 3.05) is 19.6 Å². The lowest BCUT2D eigenvalue weighted by Crippen LogP contribution is -2.40. The zero-order valence-electron chi connectivity index (χ0n) is 11.4. The van der Waals surface area contributed by atoms with Gasteiger partial charge in [-0.25, -0.2) is 0 Å². The molecule has 1 aromatic rings. The predicted octanol–water partition coefficient (Wildman–Crippen LogP) is 2.42. The number of pyridine rings is 1. The fourth-order valence-corrected chi connectivity index (χ4v) is 2.72. The molecule has 3 nitrogen and oxygen atoms in total.